The highest BCUT2D eigenvalue weighted by molar-refractivity contribution is 5.42. The molecule has 17 heavy (non-hydrogen) atoms. The molecule has 0 fully saturated rings. The van der Waals surface area contributed by atoms with Gasteiger partial charge in [0.05, 0.1) is 11.7 Å². The third-order valence-electron chi connectivity index (χ3n) is 2.10. The third-order valence-corrected chi connectivity index (χ3v) is 2.10. The molecule has 3 heterocycles. The van der Waals surface area contributed by atoms with Gasteiger partial charge in [0.15, 0.2) is 0 Å². The molecule has 6 heteroatoms. The van der Waals surface area contributed by atoms with Gasteiger partial charge in [-0.3, -0.25) is 4.68 Å². The Bertz CT molecular complexity index is 615. The molecule has 0 radical (unpaired) electrons. The summed E-state index contributed by atoms with van der Waals surface area (Å²) in [5.74, 6) is 5.25. The van der Waals surface area contributed by atoms with Crippen molar-refractivity contribution in [3.63, 3.8) is 0 Å². The Kier molecular flexibility index (Phi) is 3.03. The smallest absolute Gasteiger partial charge is 0.139 e. The molecule has 0 amide bonds. The van der Waals surface area contributed by atoms with Crippen LogP contribution in [0.3, 0.4) is 0 Å². The van der Waals surface area contributed by atoms with Gasteiger partial charge in [0.2, 0.25) is 0 Å². The molecule has 0 bridgehead atoms. The molecule has 3 rings (SSSR count). The quantitative estimate of drug-likeness (QED) is 0.574. The molecule has 0 saturated heterocycles. The molecule has 0 aliphatic rings. The number of nitrogens with two attached hydrogens (primary N) is 1. The van der Waals surface area contributed by atoms with Crippen molar-refractivity contribution < 1.29 is 0 Å². The lowest BCUT2D eigenvalue weighted by molar-refractivity contribution is 0.903. The minimum atomic E-state index is 0.477. The maximum Gasteiger partial charge on any atom is 0.139 e. The third kappa shape index (κ3) is 2.41. The Morgan fingerprint density at radius 3 is 2.65 bits per heavy atom. The van der Waals surface area contributed by atoms with Crippen LogP contribution < -0.4 is 5.84 Å². The first-order chi connectivity index (χ1) is 8.31. The van der Waals surface area contributed by atoms with Crippen molar-refractivity contribution in [1.29, 1.82) is 5.26 Å². The van der Waals surface area contributed by atoms with E-state index in [2.05, 4.69) is 10.1 Å². The zero-order chi connectivity index (χ0) is 12.1. The van der Waals surface area contributed by atoms with E-state index in [0.29, 0.717) is 5.69 Å². The monoisotopic (exact) mass is 226 g/mol. The minimum absolute atomic E-state index is 0.477. The van der Waals surface area contributed by atoms with E-state index in [1.165, 1.54) is 11.0 Å². The van der Waals surface area contributed by atoms with Gasteiger partial charge in [-0.2, -0.15) is 10.4 Å². The average Bonchev–Trinajstić information content (AvgIpc) is 2.97. The van der Waals surface area contributed by atoms with E-state index in [1.54, 1.807) is 29.0 Å². The van der Waals surface area contributed by atoms with E-state index in [0.717, 1.165) is 5.52 Å². The fraction of sp³-hybridized carbons (Fsp3) is 0. The van der Waals surface area contributed by atoms with Crippen LogP contribution >= 0.6 is 0 Å². The summed E-state index contributed by atoms with van der Waals surface area (Å²) >= 11 is 0. The Hall–Kier alpha value is -2.81. The number of aromatic nitrogens is 4. The minimum Gasteiger partial charge on any atom is -0.338 e. The van der Waals surface area contributed by atoms with Gasteiger partial charge in [-0.25, -0.2) is 9.50 Å². The maximum absolute atomic E-state index is 8.26. The maximum atomic E-state index is 8.26. The van der Waals surface area contributed by atoms with Gasteiger partial charge < -0.3 is 5.84 Å². The van der Waals surface area contributed by atoms with E-state index in [4.69, 9.17) is 11.1 Å². The van der Waals surface area contributed by atoms with Crippen LogP contribution in [0.2, 0.25) is 0 Å². The zero-order valence-corrected chi connectivity index (χ0v) is 8.93. The van der Waals surface area contributed by atoms with Crippen molar-refractivity contribution in [2.45, 2.75) is 0 Å². The highest BCUT2D eigenvalue weighted by Crippen LogP contribution is 1.96. The molecule has 0 unspecified atom stereocenters. The van der Waals surface area contributed by atoms with Gasteiger partial charge in [0.25, 0.3) is 0 Å². The van der Waals surface area contributed by atoms with Gasteiger partial charge in [-0.15, -0.1) is 0 Å². The van der Waals surface area contributed by atoms with Gasteiger partial charge in [0.1, 0.15) is 18.1 Å². The van der Waals surface area contributed by atoms with Gasteiger partial charge >= 0.3 is 0 Å². The molecule has 84 valence electrons. The summed E-state index contributed by atoms with van der Waals surface area (Å²) in [5.41, 5.74) is 1.50. The first-order valence-electron chi connectivity index (χ1n) is 4.87. The number of rotatable bonds is 0. The number of hydrogen-bond donors (Lipinski definition) is 1. The van der Waals surface area contributed by atoms with E-state index >= 15 is 0 Å². The van der Waals surface area contributed by atoms with Gasteiger partial charge in [-0.1, -0.05) is 0 Å². The van der Waals surface area contributed by atoms with Crippen LogP contribution in [0.4, 0.5) is 0 Å². The van der Waals surface area contributed by atoms with Crippen molar-refractivity contribution >= 4 is 5.52 Å². The molecule has 0 saturated carbocycles. The van der Waals surface area contributed by atoms with E-state index in [-0.39, 0.29) is 0 Å². The normalized spacial score (nSPS) is 9.35. The lowest BCUT2D eigenvalue weighted by Crippen LogP contribution is -2.07. The van der Waals surface area contributed by atoms with E-state index in [9.17, 15) is 0 Å². The van der Waals surface area contributed by atoms with Gasteiger partial charge in [-0.05, 0) is 24.3 Å². The summed E-state index contributed by atoms with van der Waals surface area (Å²) in [5, 5.41) is 12.2. The second-order valence-electron chi connectivity index (χ2n) is 3.20. The number of nitrogens with zero attached hydrogens (tertiary/aromatic N) is 5. The summed E-state index contributed by atoms with van der Waals surface area (Å²) in [6.07, 6.45) is 6.80. The Morgan fingerprint density at radius 1 is 1.24 bits per heavy atom. The van der Waals surface area contributed by atoms with Crippen LogP contribution in [0.25, 0.3) is 5.52 Å². The predicted octanol–water partition coefficient (Wildman–Crippen LogP) is 0.803. The number of nitrogen functional groups attached to an aromatic ring is 1. The standard InChI is InChI=1S/C6H5N3.C5H5N3/c1-2-6-4-7-5-8-9(6)3-1;6-4-5-2-1-3-8(5)7/h1-5H;1-3H,7H2. The first kappa shape index (κ1) is 10.7. The van der Waals surface area contributed by atoms with Crippen LogP contribution in [0.1, 0.15) is 5.69 Å². The summed E-state index contributed by atoms with van der Waals surface area (Å²) in [6.45, 7) is 0. The fourth-order valence-corrected chi connectivity index (χ4v) is 1.28. The van der Waals surface area contributed by atoms with Crippen LogP contribution in [-0.2, 0) is 0 Å². The summed E-state index contributed by atoms with van der Waals surface area (Å²) in [4.78, 5) is 3.85. The second kappa shape index (κ2) is 4.81. The topological polar surface area (TPSA) is 84.9 Å². The van der Waals surface area contributed by atoms with Crippen LogP contribution in [-0.4, -0.2) is 19.3 Å². The number of hydrogen-bond acceptors (Lipinski definition) is 4. The van der Waals surface area contributed by atoms with Crippen molar-refractivity contribution in [2.24, 2.45) is 0 Å². The molecule has 0 atom stereocenters. The van der Waals surface area contributed by atoms with Crippen molar-refractivity contribution in [2.75, 3.05) is 5.84 Å². The molecule has 6 nitrogen and oxygen atoms in total. The number of nitriles is 1. The van der Waals surface area contributed by atoms with Crippen molar-refractivity contribution in [1.82, 2.24) is 19.3 Å². The Labute approximate surface area is 97.5 Å². The average molecular weight is 226 g/mol. The van der Waals surface area contributed by atoms with Crippen LogP contribution in [0, 0.1) is 11.3 Å². The molecule has 0 aromatic carbocycles. The highest BCUT2D eigenvalue weighted by atomic mass is 15.3. The predicted molar refractivity (Wildman–Crippen MR) is 62.3 cm³/mol. The molecule has 3 aromatic heterocycles. The van der Waals surface area contributed by atoms with Crippen molar-refractivity contribution in [3.8, 4) is 6.07 Å². The second-order valence-corrected chi connectivity index (χ2v) is 3.20. The molecular formula is C11H10N6. The lowest BCUT2D eigenvalue weighted by Gasteiger charge is -1.87. The molecular weight excluding hydrogens is 216 g/mol. The molecule has 0 aliphatic carbocycles. The lowest BCUT2D eigenvalue weighted by atomic mass is 10.5. The van der Waals surface area contributed by atoms with Gasteiger partial charge in [0, 0.05) is 12.4 Å². The van der Waals surface area contributed by atoms with E-state index < -0.39 is 0 Å². The molecule has 3 aromatic rings. The Balaban J connectivity index is 0.000000128. The molecule has 0 aliphatic heterocycles. The number of fused-ring (bicyclic) bond motifs is 1. The fourth-order valence-electron chi connectivity index (χ4n) is 1.28. The first-order valence-corrected chi connectivity index (χ1v) is 4.87. The SMILES string of the molecule is N#Cc1cccn1N.c1cc2cncnn2c1. The summed E-state index contributed by atoms with van der Waals surface area (Å²) in [6, 6.07) is 9.18. The summed E-state index contributed by atoms with van der Waals surface area (Å²) in [7, 11) is 0. The van der Waals surface area contributed by atoms with Crippen molar-refractivity contribution in [3.05, 3.63) is 54.9 Å². The molecule has 2 N–H and O–H groups in total. The zero-order valence-electron chi connectivity index (χ0n) is 8.93. The summed E-state index contributed by atoms with van der Waals surface area (Å²) < 4.78 is 3.05. The van der Waals surface area contributed by atoms with E-state index in [1.807, 2.05) is 24.4 Å². The molecule has 0 spiro atoms. The highest BCUT2D eigenvalue weighted by Gasteiger charge is 1.89. The largest absolute Gasteiger partial charge is 0.338 e. The van der Waals surface area contributed by atoms with Crippen LogP contribution in [0.15, 0.2) is 49.2 Å². The Morgan fingerprint density at radius 2 is 2.06 bits per heavy atom. The van der Waals surface area contributed by atoms with Crippen LogP contribution in [0.5, 0.6) is 0 Å².